The highest BCUT2D eigenvalue weighted by atomic mass is 15.1. The van der Waals surface area contributed by atoms with Crippen LogP contribution in [-0.2, 0) is 0 Å². The van der Waals surface area contributed by atoms with Crippen molar-refractivity contribution in [2.75, 3.05) is 23.7 Å². The summed E-state index contributed by atoms with van der Waals surface area (Å²) in [6, 6.07) is 6.19. The molecule has 72 valence electrons. The minimum Gasteiger partial charge on any atom is -0.399 e. The lowest BCUT2D eigenvalue weighted by atomic mass is 10.2. The largest absolute Gasteiger partial charge is 0.399 e. The number of benzene rings is 1. The highest BCUT2D eigenvalue weighted by Gasteiger charge is 2.02. The first-order chi connectivity index (χ1) is 6.17. The van der Waals surface area contributed by atoms with Gasteiger partial charge in [0.25, 0.3) is 0 Å². The summed E-state index contributed by atoms with van der Waals surface area (Å²) in [5.74, 6) is 0. The third-order valence-corrected chi connectivity index (χ3v) is 2.21. The van der Waals surface area contributed by atoms with Crippen molar-refractivity contribution in [2.24, 2.45) is 0 Å². The third kappa shape index (κ3) is 2.38. The summed E-state index contributed by atoms with van der Waals surface area (Å²) >= 11 is 0. The lowest BCUT2D eigenvalue weighted by molar-refractivity contribution is 0.866. The number of aryl methyl sites for hydroxylation is 1. The fourth-order valence-electron chi connectivity index (χ4n) is 1.56. The molecule has 0 unspecified atom stereocenters. The Morgan fingerprint density at radius 3 is 2.23 bits per heavy atom. The molecular formula is C11H18N2. The Labute approximate surface area is 80.4 Å². The van der Waals surface area contributed by atoms with Gasteiger partial charge >= 0.3 is 0 Å². The Bertz CT molecular complexity index is 257. The molecule has 0 heterocycles. The summed E-state index contributed by atoms with van der Waals surface area (Å²) in [5.41, 5.74) is 9.08. The van der Waals surface area contributed by atoms with Crippen molar-refractivity contribution in [2.45, 2.75) is 20.8 Å². The zero-order valence-corrected chi connectivity index (χ0v) is 8.67. The quantitative estimate of drug-likeness (QED) is 0.720. The van der Waals surface area contributed by atoms with E-state index in [2.05, 4.69) is 31.7 Å². The van der Waals surface area contributed by atoms with E-state index in [0.717, 1.165) is 18.8 Å². The first-order valence-electron chi connectivity index (χ1n) is 4.79. The van der Waals surface area contributed by atoms with Crippen LogP contribution in [0.4, 0.5) is 11.4 Å². The number of nitrogens with zero attached hydrogens (tertiary/aromatic N) is 1. The second kappa shape index (κ2) is 4.17. The van der Waals surface area contributed by atoms with Crippen LogP contribution in [-0.4, -0.2) is 13.1 Å². The van der Waals surface area contributed by atoms with Crippen molar-refractivity contribution in [1.82, 2.24) is 0 Å². The van der Waals surface area contributed by atoms with Crippen LogP contribution in [0.5, 0.6) is 0 Å². The summed E-state index contributed by atoms with van der Waals surface area (Å²) in [7, 11) is 0. The van der Waals surface area contributed by atoms with Gasteiger partial charge < -0.3 is 10.6 Å². The highest BCUT2D eigenvalue weighted by molar-refractivity contribution is 5.58. The summed E-state index contributed by atoms with van der Waals surface area (Å²) in [5, 5.41) is 0. The number of nitrogen functional groups attached to an aromatic ring is 1. The first-order valence-corrected chi connectivity index (χ1v) is 4.79. The Kier molecular flexibility index (Phi) is 3.18. The Balaban J connectivity index is 2.99. The standard InChI is InChI=1S/C11H18N2/c1-4-13(5-2)11-7-9(3)6-10(12)8-11/h6-8H,4-5,12H2,1-3H3. The van der Waals surface area contributed by atoms with Crippen LogP contribution >= 0.6 is 0 Å². The molecule has 0 radical (unpaired) electrons. The predicted octanol–water partition coefficient (Wildman–Crippen LogP) is 2.42. The zero-order valence-electron chi connectivity index (χ0n) is 8.67. The van der Waals surface area contributed by atoms with E-state index in [0.29, 0.717) is 0 Å². The highest BCUT2D eigenvalue weighted by Crippen LogP contribution is 2.19. The Morgan fingerprint density at radius 2 is 1.77 bits per heavy atom. The van der Waals surface area contributed by atoms with E-state index in [1.54, 1.807) is 0 Å². The molecule has 1 rings (SSSR count). The van der Waals surface area contributed by atoms with Crippen molar-refractivity contribution in [3.8, 4) is 0 Å². The van der Waals surface area contributed by atoms with Crippen LogP contribution in [0.15, 0.2) is 18.2 Å². The van der Waals surface area contributed by atoms with Gasteiger partial charge in [-0.1, -0.05) is 0 Å². The minimum atomic E-state index is 0.849. The van der Waals surface area contributed by atoms with Crippen LogP contribution < -0.4 is 10.6 Å². The molecule has 0 aliphatic carbocycles. The summed E-state index contributed by atoms with van der Waals surface area (Å²) < 4.78 is 0. The SMILES string of the molecule is CCN(CC)c1cc(C)cc(N)c1. The van der Waals surface area contributed by atoms with Gasteiger partial charge in [-0.3, -0.25) is 0 Å². The lowest BCUT2D eigenvalue weighted by Gasteiger charge is -2.21. The van der Waals surface area contributed by atoms with Crippen LogP contribution in [0.25, 0.3) is 0 Å². The second-order valence-corrected chi connectivity index (χ2v) is 3.27. The molecule has 0 saturated carbocycles. The number of nitrogens with two attached hydrogens (primary N) is 1. The molecule has 1 aromatic carbocycles. The zero-order chi connectivity index (χ0) is 9.84. The average molecular weight is 178 g/mol. The number of hydrogen-bond donors (Lipinski definition) is 1. The summed E-state index contributed by atoms with van der Waals surface area (Å²) in [6.45, 7) is 8.44. The predicted molar refractivity (Wildman–Crippen MR) is 59.2 cm³/mol. The Hall–Kier alpha value is -1.18. The number of hydrogen-bond acceptors (Lipinski definition) is 2. The molecule has 0 saturated heterocycles. The van der Waals surface area contributed by atoms with E-state index >= 15 is 0 Å². The average Bonchev–Trinajstić information content (AvgIpc) is 2.04. The molecule has 2 heteroatoms. The maximum Gasteiger partial charge on any atom is 0.0389 e. The maximum atomic E-state index is 5.78. The summed E-state index contributed by atoms with van der Waals surface area (Å²) in [4.78, 5) is 2.30. The first kappa shape index (κ1) is 9.90. The minimum absolute atomic E-state index is 0.849. The molecule has 2 N–H and O–H groups in total. The molecule has 0 aliphatic heterocycles. The van der Waals surface area contributed by atoms with E-state index in [4.69, 9.17) is 5.73 Å². The van der Waals surface area contributed by atoms with E-state index in [-0.39, 0.29) is 0 Å². The summed E-state index contributed by atoms with van der Waals surface area (Å²) in [6.07, 6.45) is 0. The molecule has 0 aromatic heterocycles. The third-order valence-electron chi connectivity index (χ3n) is 2.21. The van der Waals surface area contributed by atoms with Crippen molar-refractivity contribution in [3.05, 3.63) is 23.8 Å². The topological polar surface area (TPSA) is 29.3 Å². The van der Waals surface area contributed by atoms with E-state index in [9.17, 15) is 0 Å². The molecule has 0 atom stereocenters. The van der Waals surface area contributed by atoms with Gasteiger partial charge in [0.2, 0.25) is 0 Å². The Morgan fingerprint density at radius 1 is 1.15 bits per heavy atom. The monoisotopic (exact) mass is 178 g/mol. The van der Waals surface area contributed by atoms with E-state index < -0.39 is 0 Å². The van der Waals surface area contributed by atoms with Crippen molar-refractivity contribution < 1.29 is 0 Å². The van der Waals surface area contributed by atoms with E-state index in [1.807, 2.05) is 12.1 Å². The molecular weight excluding hydrogens is 160 g/mol. The smallest absolute Gasteiger partial charge is 0.0389 e. The molecule has 0 amide bonds. The van der Waals surface area contributed by atoms with Gasteiger partial charge in [0.15, 0.2) is 0 Å². The molecule has 1 aromatic rings. The number of rotatable bonds is 3. The second-order valence-electron chi connectivity index (χ2n) is 3.27. The van der Waals surface area contributed by atoms with Gasteiger partial charge in [-0.05, 0) is 44.5 Å². The molecule has 0 fully saturated rings. The fraction of sp³-hybridized carbons (Fsp3) is 0.455. The molecule has 0 bridgehead atoms. The van der Waals surface area contributed by atoms with Crippen LogP contribution in [0.3, 0.4) is 0 Å². The fourth-order valence-corrected chi connectivity index (χ4v) is 1.56. The van der Waals surface area contributed by atoms with Crippen LogP contribution in [0, 0.1) is 6.92 Å². The van der Waals surface area contributed by atoms with E-state index in [1.165, 1.54) is 11.3 Å². The molecule has 13 heavy (non-hydrogen) atoms. The van der Waals surface area contributed by atoms with Gasteiger partial charge in [-0.25, -0.2) is 0 Å². The van der Waals surface area contributed by atoms with Gasteiger partial charge in [0.05, 0.1) is 0 Å². The van der Waals surface area contributed by atoms with Crippen LogP contribution in [0.2, 0.25) is 0 Å². The van der Waals surface area contributed by atoms with Gasteiger partial charge in [-0.15, -0.1) is 0 Å². The number of anilines is 2. The lowest BCUT2D eigenvalue weighted by Crippen LogP contribution is -2.21. The molecule has 2 nitrogen and oxygen atoms in total. The van der Waals surface area contributed by atoms with Crippen molar-refractivity contribution in [1.29, 1.82) is 0 Å². The normalized spacial score (nSPS) is 10.1. The molecule has 0 spiro atoms. The maximum absolute atomic E-state index is 5.78. The van der Waals surface area contributed by atoms with Gasteiger partial charge in [-0.2, -0.15) is 0 Å². The van der Waals surface area contributed by atoms with Crippen molar-refractivity contribution in [3.63, 3.8) is 0 Å². The van der Waals surface area contributed by atoms with Gasteiger partial charge in [0.1, 0.15) is 0 Å². The van der Waals surface area contributed by atoms with Crippen LogP contribution in [0.1, 0.15) is 19.4 Å². The van der Waals surface area contributed by atoms with Gasteiger partial charge in [0, 0.05) is 24.5 Å². The van der Waals surface area contributed by atoms with Crippen molar-refractivity contribution >= 4 is 11.4 Å². The molecule has 0 aliphatic rings.